The van der Waals surface area contributed by atoms with Crippen LogP contribution < -0.4 is 5.32 Å². The first-order chi connectivity index (χ1) is 13.8. The molecule has 1 saturated carbocycles. The van der Waals surface area contributed by atoms with Crippen LogP contribution >= 0.6 is 0 Å². The van der Waals surface area contributed by atoms with Gasteiger partial charge in [0.05, 0.1) is 10.5 Å². The average molecular weight is 423 g/mol. The number of amides is 1. The second kappa shape index (κ2) is 9.26. The highest BCUT2D eigenvalue weighted by Crippen LogP contribution is 2.26. The van der Waals surface area contributed by atoms with E-state index in [2.05, 4.69) is 5.32 Å². The summed E-state index contributed by atoms with van der Waals surface area (Å²) in [5.41, 5.74) is 0.122. The predicted molar refractivity (Wildman–Crippen MR) is 109 cm³/mol. The van der Waals surface area contributed by atoms with E-state index in [4.69, 9.17) is 4.74 Å². The van der Waals surface area contributed by atoms with Gasteiger partial charge in [-0.2, -0.15) is 4.31 Å². The lowest BCUT2D eigenvalue weighted by Crippen LogP contribution is -2.42. The molecule has 2 atom stereocenters. The van der Waals surface area contributed by atoms with E-state index >= 15 is 0 Å². The SMILES string of the molecule is C[C@H](OC(=O)c1cccc(S(=O)(=O)N2CCCC[C@@H]2C)c1)C(=O)NC1CCCC1. The number of ether oxygens (including phenoxy) is 1. The monoisotopic (exact) mass is 422 g/mol. The maximum atomic E-state index is 13.0. The maximum absolute atomic E-state index is 13.0. The number of esters is 1. The molecule has 1 heterocycles. The quantitative estimate of drug-likeness (QED) is 0.712. The summed E-state index contributed by atoms with van der Waals surface area (Å²) in [6, 6.07) is 5.93. The molecule has 8 heteroatoms. The second-order valence-electron chi connectivity index (χ2n) is 8.03. The highest BCUT2D eigenvalue weighted by Gasteiger charge is 2.31. The minimum Gasteiger partial charge on any atom is -0.449 e. The third kappa shape index (κ3) is 5.17. The Balaban J connectivity index is 1.68. The van der Waals surface area contributed by atoms with Crippen molar-refractivity contribution in [2.75, 3.05) is 6.54 Å². The molecule has 1 aliphatic heterocycles. The zero-order chi connectivity index (χ0) is 21.0. The highest BCUT2D eigenvalue weighted by atomic mass is 32.2. The zero-order valence-electron chi connectivity index (χ0n) is 17.1. The Hall–Kier alpha value is -1.93. The first-order valence-corrected chi connectivity index (χ1v) is 11.9. The van der Waals surface area contributed by atoms with Crippen LogP contribution in [0.3, 0.4) is 0 Å². The Kier molecular flexibility index (Phi) is 6.95. The van der Waals surface area contributed by atoms with E-state index in [1.807, 2.05) is 6.92 Å². The summed E-state index contributed by atoms with van der Waals surface area (Å²) in [5.74, 6) is -1.03. The van der Waals surface area contributed by atoms with Gasteiger partial charge in [-0.05, 0) is 57.7 Å². The average Bonchev–Trinajstić information content (AvgIpc) is 3.21. The van der Waals surface area contributed by atoms with Crippen LogP contribution in [0.4, 0.5) is 0 Å². The van der Waals surface area contributed by atoms with Crippen molar-refractivity contribution >= 4 is 21.9 Å². The number of carbonyl (C=O) groups excluding carboxylic acids is 2. The van der Waals surface area contributed by atoms with Gasteiger partial charge >= 0.3 is 5.97 Å². The van der Waals surface area contributed by atoms with Gasteiger partial charge < -0.3 is 10.1 Å². The maximum Gasteiger partial charge on any atom is 0.338 e. The van der Waals surface area contributed by atoms with Crippen molar-refractivity contribution in [1.82, 2.24) is 9.62 Å². The number of carbonyl (C=O) groups is 2. The van der Waals surface area contributed by atoms with Crippen LogP contribution in [0.25, 0.3) is 0 Å². The van der Waals surface area contributed by atoms with Gasteiger partial charge in [-0.25, -0.2) is 13.2 Å². The zero-order valence-corrected chi connectivity index (χ0v) is 17.9. The Morgan fingerprint density at radius 1 is 1.14 bits per heavy atom. The highest BCUT2D eigenvalue weighted by molar-refractivity contribution is 7.89. The summed E-state index contributed by atoms with van der Waals surface area (Å²) < 4.78 is 32.8. The molecule has 3 rings (SSSR count). The summed E-state index contributed by atoms with van der Waals surface area (Å²) in [6.45, 7) is 3.91. The summed E-state index contributed by atoms with van der Waals surface area (Å²) in [7, 11) is -3.68. The molecule has 1 N–H and O–H groups in total. The fourth-order valence-corrected chi connectivity index (χ4v) is 5.76. The number of piperidine rings is 1. The van der Waals surface area contributed by atoms with E-state index in [9.17, 15) is 18.0 Å². The lowest BCUT2D eigenvalue weighted by molar-refractivity contribution is -0.129. The largest absolute Gasteiger partial charge is 0.449 e. The normalized spacial score (nSPS) is 22.2. The van der Waals surface area contributed by atoms with Crippen molar-refractivity contribution in [2.45, 2.75) is 81.9 Å². The molecule has 2 aliphatic rings. The van der Waals surface area contributed by atoms with Crippen molar-refractivity contribution in [3.63, 3.8) is 0 Å². The number of nitrogens with zero attached hydrogens (tertiary/aromatic N) is 1. The Labute approximate surface area is 172 Å². The van der Waals surface area contributed by atoms with Gasteiger partial charge in [0.1, 0.15) is 0 Å². The fourth-order valence-electron chi connectivity index (χ4n) is 4.02. The molecule has 1 aliphatic carbocycles. The van der Waals surface area contributed by atoms with E-state index in [1.54, 1.807) is 0 Å². The van der Waals surface area contributed by atoms with Crippen molar-refractivity contribution in [3.8, 4) is 0 Å². The van der Waals surface area contributed by atoms with Crippen LogP contribution in [-0.2, 0) is 19.6 Å². The third-order valence-corrected chi connectivity index (χ3v) is 7.78. The van der Waals surface area contributed by atoms with Crippen LogP contribution in [0.5, 0.6) is 0 Å². The summed E-state index contributed by atoms with van der Waals surface area (Å²) in [4.78, 5) is 24.8. The van der Waals surface area contributed by atoms with Gasteiger partial charge in [-0.15, -0.1) is 0 Å². The van der Waals surface area contributed by atoms with E-state index < -0.39 is 22.1 Å². The summed E-state index contributed by atoms with van der Waals surface area (Å²) in [5, 5.41) is 2.90. The van der Waals surface area contributed by atoms with Gasteiger partial charge in [0.25, 0.3) is 5.91 Å². The number of nitrogens with one attached hydrogen (secondary N) is 1. The molecular formula is C21H30N2O5S. The van der Waals surface area contributed by atoms with Gasteiger partial charge in [-0.3, -0.25) is 4.79 Å². The number of hydrogen-bond donors (Lipinski definition) is 1. The lowest BCUT2D eigenvalue weighted by atomic mass is 10.1. The first kappa shape index (κ1) is 21.8. The topological polar surface area (TPSA) is 92.8 Å². The second-order valence-corrected chi connectivity index (χ2v) is 9.92. The minimum absolute atomic E-state index is 0.0661. The van der Waals surface area contributed by atoms with Crippen LogP contribution in [0.1, 0.15) is 69.2 Å². The number of hydrogen-bond acceptors (Lipinski definition) is 5. The summed E-state index contributed by atoms with van der Waals surface area (Å²) >= 11 is 0. The third-order valence-electron chi connectivity index (χ3n) is 5.77. The van der Waals surface area contributed by atoms with Crippen molar-refractivity contribution in [3.05, 3.63) is 29.8 Å². The molecule has 2 fully saturated rings. The minimum atomic E-state index is -3.68. The molecule has 1 saturated heterocycles. The Morgan fingerprint density at radius 3 is 2.52 bits per heavy atom. The smallest absolute Gasteiger partial charge is 0.338 e. The van der Waals surface area contributed by atoms with E-state index in [-0.39, 0.29) is 28.4 Å². The van der Waals surface area contributed by atoms with E-state index in [1.165, 1.54) is 35.5 Å². The van der Waals surface area contributed by atoms with Crippen LogP contribution in [0, 0.1) is 0 Å². The number of benzene rings is 1. The molecule has 0 radical (unpaired) electrons. The lowest BCUT2D eigenvalue weighted by Gasteiger charge is -2.32. The van der Waals surface area contributed by atoms with Crippen LogP contribution in [0.2, 0.25) is 0 Å². The molecule has 29 heavy (non-hydrogen) atoms. The van der Waals surface area contributed by atoms with Crippen LogP contribution in [0.15, 0.2) is 29.2 Å². The molecule has 0 bridgehead atoms. The Morgan fingerprint density at radius 2 is 1.83 bits per heavy atom. The Bertz CT molecular complexity index is 848. The van der Waals surface area contributed by atoms with Crippen LogP contribution in [-0.4, -0.2) is 49.3 Å². The van der Waals surface area contributed by atoms with E-state index in [0.29, 0.717) is 6.54 Å². The molecule has 7 nitrogen and oxygen atoms in total. The van der Waals surface area contributed by atoms with Gasteiger partial charge in [0.15, 0.2) is 6.10 Å². The first-order valence-electron chi connectivity index (χ1n) is 10.4. The molecule has 160 valence electrons. The van der Waals surface area contributed by atoms with Gasteiger partial charge in [0.2, 0.25) is 10.0 Å². The van der Waals surface area contributed by atoms with Crippen molar-refractivity contribution in [1.29, 1.82) is 0 Å². The molecule has 1 aromatic carbocycles. The van der Waals surface area contributed by atoms with Gasteiger partial charge in [0, 0.05) is 18.6 Å². The molecule has 1 aromatic rings. The summed E-state index contributed by atoms with van der Waals surface area (Å²) in [6.07, 6.45) is 5.81. The predicted octanol–water partition coefficient (Wildman–Crippen LogP) is 2.85. The molecule has 0 aromatic heterocycles. The van der Waals surface area contributed by atoms with Crippen molar-refractivity contribution in [2.24, 2.45) is 0 Å². The fraction of sp³-hybridized carbons (Fsp3) is 0.619. The van der Waals surface area contributed by atoms with Gasteiger partial charge in [-0.1, -0.05) is 25.3 Å². The molecular weight excluding hydrogens is 392 g/mol. The standard InChI is InChI=1S/C21H30N2O5S/c1-15-8-5-6-13-23(15)29(26,27)19-12-7-9-17(14-19)21(25)28-16(2)20(24)22-18-10-3-4-11-18/h7,9,12,14-16,18H,3-6,8,10-11,13H2,1-2H3,(H,22,24)/t15-,16-/m0/s1. The molecule has 0 unspecified atom stereocenters. The number of rotatable bonds is 6. The molecule has 1 amide bonds. The molecule has 0 spiro atoms. The number of sulfonamides is 1. The van der Waals surface area contributed by atoms with E-state index in [0.717, 1.165) is 44.9 Å². The van der Waals surface area contributed by atoms with Crippen molar-refractivity contribution < 1.29 is 22.7 Å².